The molecule has 0 radical (unpaired) electrons. The van der Waals surface area contributed by atoms with E-state index in [9.17, 15) is 9.59 Å². The van der Waals surface area contributed by atoms with Gasteiger partial charge in [0.25, 0.3) is 5.91 Å². The van der Waals surface area contributed by atoms with Crippen molar-refractivity contribution in [3.8, 4) is 0 Å². The average molecular weight is 380 g/mol. The largest absolute Gasteiger partial charge is 0.354 e. The lowest BCUT2D eigenvalue weighted by Crippen LogP contribution is -2.23. The van der Waals surface area contributed by atoms with Gasteiger partial charge in [-0.1, -0.05) is 29.8 Å². The molecule has 0 saturated heterocycles. The van der Waals surface area contributed by atoms with E-state index in [0.717, 1.165) is 11.3 Å². The van der Waals surface area contributed by atoms with Crippen molar-refractivity contribution < 1.29 is 9.59 Å². The summed E-state index contributed by atoms with van der Waals surface area (Å²) in [5, 5.41) is 6.62. The Kier molecular flexibility index (Phi) is 5.84. The van der Waals surface area contributed by atoms with E-state index >= 15 is 0 Å². The Morgan fingerprint density at radius 3 is 2.41 bits per heavy atom. The zero-order valence-electron chi connectivity index (χ0n) is 14.7. The maximum atomic E-state index is 12.4. The second-order valence-electron chi connectivity index (χ2n) is 5.99. The number of benzene rings is 2. The molecular formula is C21H18ClN3O2. The first-order valence-electron chi connectivity index (χ1n) is 8.37. The van der Waals surface area contributed by atoms with Crippen LogP contribution in [0, 0.1) is 0 Å². The molecular weight excluding hydrogens is 362 g/mol. The number of anilines is 2. The first-order chi connectivity index (χ1) is 13.0. The molecule has 5 nitrogen and oxygen atoms in total. The second kappa shape index (κ2) is 8.47. The number of pyridine rings is 1. The number of rotatable bonds is 6. The standard InChI is InChI=1S/C21H18ClN3O2/c1-14(26)15-6-8-18(9-7-15)25-19-10-17(11-23-13-19)21(27)24-12-16-4-2-3-5-20(16)22/h2-11,13,25H,12H2,1H3,(H,24,27). The van der Waals surface area contributed by atoms with Gasteiger partial charge in [-0.2, -0.15) is 0 Å². The smallest absolute Gasteiger partial charge is 0.253 e. The summed E-state index contributed by atoms with van der Waals surface area (Å²) in [5.41, 5.74) is 3.41. The fourth-order valence-electron chi connectivity index (χ4n) is 2.51. The molecule has 0 aliphatic rings. The van der Waals surface area contributed by atoms with Crippen molar-refractivity contribution >= 4 is 34.7 Å². The number of nitrogens with zero attached hydrogens (tertiary/aromatic N) is 1. The molecule has 6 heteroatoms. The van der Waals surface area contributed by atoms with E-state index in [4.69, 9.17) is 11.6 Å². The number of nitrogens with one attached hydrogen (secondary N) is 2. The van der Waals surface area contributed by atoms with E-state index in [1.165, 1.54) is 13.1 Å². The summed E-state index contributed by atoms with van der Waals surface area (Å²) in [5.74, 6) is -0.224. The average Bonchev–Trinajstić information content (AvgIpc) is 2.68. The van der Waals surface area contributed by atoms with Gasteiger partial charge in [0.15, 0.2) is 5.78 Å². The molecule has 0 bridgehead atoms. The molecule has 0 fully saturated rings. The Morgan fingerprint density at radius 1 is 0.963 bits per heavy atom. The van der Waals surface area contributed by atoms with E-state index in [1.807, 2.05) is 18.2 Å². The first kappa shape index (κ1) is 18.6. The first-order valence-corrected chi connectivity index (χ1v) is 8.75. The third kappa shape index (κ3) is 4.92. The van der Waals surface area contributed by atoms with Crippen LogP contribution in [0.15, 0.2) is 67.0 Å². The van der Waals surface area contributed by atoms with Crippen LogP contribution in [0.1, 0.15) is 33.2 Å². The molecule has 0 unspecified atom stereocenters. The highest BCUT2D eigenvalue weighted by Crippen LogP contribution is 2.18. The Bertz CT molecular complexity index is 971. The van der Waals surface area contributed by atoms with Crippen molar-refractivity contribution in [2.45, 2.75) is 13.5 Å². The summed E-state index contributed by atoms with van der Waals surface area (Å²) in [4.78, 5) is 27.8. The fraction of sp³-hybridized carbons (Fsp3) is 0.0952. The van der Waals surface area contributed by atoms with E-state index < -0.39 is 0 Å². The van der Waals surface area contributed by atoms with Crippen LogP contribution in [0.5, 0.6) is 0 Å². The van der Waals surface area contributed by atoms with Gasteiger partial charge in [0.05, 0.1) is 17.4 Å². The summed E-state index contributed by atoms with van der Waals surface area (Å²) < 4.78 is 0. The highest BCUT2D eigenvalue weighted by atomic mass is 35.5. The predicted octanol–water partition coefficient (Wildman–Crippen LogP) is 4.61. The fourth-order valence-corrected chi connectivity index (χ4v) is 2.71. The summed E-state index contributed by atoms with van der Waals surface area (Å²) in [6.45, 7) is 1.86. The van der Waals surface area contributed by atoms with E-state index in [2.05, 4.69) is 15.6 Å². The second-order valence-corrected chi connectivity index (χ2v) is 6.40. The monoisotopic (exact) mass is 379 g/mol. The van der Waals surface area contributed by atoms with Gasteiger partial charge < -0.3 is 10.6 Å². The minimum Gasteiger partial charge on any atom is -0.354 e. The van der Waals surface area contributed by atoms with Crippen LogP contribution in [0.25, 0.3) is 0 Å². The summed E-state index contributed by atoms with van der Waals surface area (Å²) in [6, 6.07) is 16.2. The molecule has 1 aromatic heterocycles. The van der Waals surface area contributed by atoms with Crippen LogP contribution in [-0.4, -0.2) is 16.7 Å². The van der Waals surface area contributed by atoms with Crippen molar-refractivity contribution in [3.05, 3.63) is 88.7 Å². The number of hydrogen-bond acceptors (Lipinski definition) is 4. The number of carbonyl (C=O) groups excluding carboxylic acids is 2. The SMILES string of the molecule is CC(=O)c1ccc(Nc2cncc(C(=O)NCc3ccccc3Cl)c2)cc1. The number of Topliss-reactive ketones (excluding diaryl/α,β-unsaturated/α-hetero) is 1. The summed E-state index contributed by atoms with van der Waals surface area (Å²) in [6.07, 6.45) is 3.13. The normalized spacial score (nSPS) is 10.3. The molecule has 2 aromatic carbocycles. The topological polar surface area (TPSA) is 71.1 Å². The molecule has 0 spiro atoms. The minimum absolute atomic E-state index is 0.0143. The molecule has 3 rings (SSSR count). The van der Waals surface area contributed by atoms with Crippen molar-refractivity contribution in [3.63, 3.8) is 0 Å². The van der Waals surface area contributed by atoms with Gasteiger partial charge in [0.1, 0.15) is 0 Å². The molecule has 1 heterocycles. The van der Waals surface area contributed by atoms with Crippen molar-refractivity contribution in [2.24, 2.45) is 0 Å². The van der Waals surface area contributed by atoms with E-state index in [1.54, 1.807) is 42.6 Å². The number of ketones is 1. The summed E-state index contributed by atoms with van der Waals surface area (Å²) in [7, 11) is 0. The van der Waals surface area contributed by atoms with E-state index in [-0.39, 0.29) is 11.7 Å². The predicted molar refractivity (Wildman–Crippen MR) is 107 cm³/mol. The van der Waals surface area contributed by atoms with Crippen LogP contribution in [0.2, 0.25) is 5.02 Å². The van der Waals surface area contributed by atoms with Gasteiger partial charge in [-0.25, -0.2) is 0 Å². The zero-order chi connectivity index (χ0) is 19.2. The van der Waals surface area contributed by atoms with Crippen LogP contribution in [-0.2, 0) is 6.54 Å². The van der Waals surface area contributed by atoms with Gasteiger partial charge in [-0.05, 0) is 48.9 Å². The molecule has 0 aliphatic heterocycles. The van der Waals surface area contributed by atoms with Gasteiger partial charge in [-0.15, -0.1) is 0 Å². The van der Waals surface area contributed by atoms with Crippen LogP contribution >= 0.6 is 11.6 Å². The summed E-state index contributed by atoms with van der Waals surface area (Å²) >= 11 is 6.11. The van der Waals surface area contributed by atoms with Crippen molar-refractivity contribution in [1.29, 1.82) is 0 Å². The lowest BCUT2D eigenvalue weighted by molar-refractivity contribution is 0.0949. The zero-order valence-corrected chi connectivity index (χ0v) is 15.5. The maximum absolute atomic E-state index is 12.4. The third-order valence-corrected chi connectivity index (χ3v) is 4.35. The molecule has 3 aromatic rings. The maximum Gasteiger partial charge on any atom is 0.253 e. The quantitative estimate of drug-likeness (QED) is 0.613. The Labute approximate surface area is 162 Å². The molecule has 0 aliphatic carbocycles. The van der Waals surface area contributed by atoms with Crippen LogP contribution in [0.4, 0.5) is 11.4 Å². The highest BCUT2D eigenvalue weighted by molar-refractivity contribution is 6.31. The van der Waals surface area contributed by atoms with Gasteiger partial charge >= 0.3 is 0 Å². The number of hydrogen-bond donors (Lipinski definition) is 2. The molecule has 0 saturated carbocycles. The number of halogens is 1. The molecule has 27 heavy (non-hydrogen) atoms. The molecule has 2 N–H and O–H groups in total. The van der Waals surface area contributed by atoms with Gasteiger partial charge in [0.2, 0.25) is 0 Å². The molecule has 0 atom stereocenters. The Balaban J connectivity index is 1.66. The van der Waals surface area contributed by atoms with Crippen LogP contribution < -0.4 is 10.6 Å². The molecule has 136 valence electrons. The third-order valence-electron chi connectivity index (χ3n) is 3.98. The van der Waals surface area contributed by atoms with Crippen LogP contribution in [0.3, 0.4) is 0 Å². The number of amides is 1. The lowest BCUT2D eigenvalue weighted by Gasteiger charge is -2.10. The lowest BCUT2D eigenvalue weighted by atomic mass is 10.1. The molecule has 1 amide bonds. The van der Waals surface area contributed by atoms with E-state index in [0.29, 0.717) is 28.4 Å². The minimum atomic E-state index is -0.238. The highest BCUT2D eigenvalue weighted by Gasteiger charge is 2.08. The Hall–Kier alpha value is -3.18. The van der Waals surface area contributed by atoms with Crippen molar-refractivity contribution in [2.75, 3.05) is 5.32 Å². The van der Waals surface area contributed by atoms with Crippen molar-refractivity contribution in [1.82, 2.24) is 10.3 Å². The van der Waals surface area contributed by atoms with Gasteiger partial charge in [-0.3, -0.25) is 14.6 Å². The van der Waals surface area contributed by atoms with Gasteiger partial charge in [0, 0.05) is 29.0 Å². The Morgan fingerprint density at radius 2 is 1.70 bits per heavy atom. The number of carbonyl (C=O) groups is 2. The number of aromatic nitrogens is 1.